The van der Waals surface area contributed by atoms with Crippen molar-refractivity contribution in [3.05, 3.63) is 74.3 Å². The minimum atomic E-state index is -0.490. The van der Waals surface area contributed by atoms with Crippen LogP contribution in [0.4, 0.5) is 11.4 Å². The fourth-order valence-electron chi connectivity index (χ4n) is 3.47. The van der Waals surface area contributed by atoms with E-state index in [0.717, 1.165) is 43.1 Å². The number of morpholine rings is 1. The van der Waals surface area contributed by atoms with Crippen molar-refractivity contribution in [1.29, 1.82) is 0 Å². The summed E-state index contributed by atoms with van der Waals surface area (Å²) in [6, 6.07) is 13.4. The van der Waals surface area contributed by atoms with Crippen LogP contribution < -0.4 is 10.5 Å². The Bertz CT molecular complexity index is 1240. The molecular weight excluding hydrogens is 412 g/mol. The van der Waals surface area contributed by atoms with E-state index in [-0.39, 0.29) is 16.2 Å². The van der Waals surface area contributed by atoms with Gasteiger partial charge in [0.25, 0.3) is 5.56 Å². The van der Waals surface area contributed by atoms with Gasteiger partial charge in [-0.3, -0.25) is 19.3 Å². The zero-order valence-corrected chi connectivity index (χ0v) is 18.3. The first-order valence-electron chi connectivity index (χ1n) is 10.1. The summed E-state index contributed by atoms with van der Waals surface area (Å²) in [6.07, 6.45) is 1.37. The SMILES string of the molecule is Cc1ccc(-n2c(O)c(C=Nc3ccc(N4CCOCC4)cc3)c(=O)[nH]c2=S)cc1C. The number of aliphatic imine (C=N–C) groups is 1. The molecule has 31 heavy (non-hydrogen) atoms. The van der Waals surface area contributed by atoms with E-state index in [1.165, 1.54) is 10.8 Å². The van der Waals surface area contributed by atoms with Gasteiger partial charge in [-0.2, -0.15) is 0 Å². The van der Waals surface area contributed by atoms with Crippen LogP contribution in [0.5, 0.6) is 5.88 Å². The van der Waals surface area contributed by atoms with E-state index in [4.69, 9.17) is 17.0 Å². The molecule has 0 radical (unpaired) electrons. The first-order valence-corrected chi connectivity index (χ1v) is 10.5. The van der Waals surface area contributed by atoms with E-state index in [0.29, 0.717) is 11.4 Å². The molecule has 0 bridgehead atoms. The van der Waals surface area contributed by atoms with Crippen molar-refractivity contribution in [1.82, 2.24) is 9.55 Å². The number of aromatic amines is 1. The fraction of sp³-hybridized carbons (Fsp3) is 0.261. The second kappa shape index (κ2) is 8.87. The first-order chi connectivity index (χ1) is 14.9. The number of aryl methyl sites for hydroxylation is 2. The Hall–Kier alpha value is -3.23. The van der Waals surface area contributed by atoms with Crippen LogP contribution in [-0.4, -0.2) is 47.2 Å². The van der Waals surface area contributed by atoms with Crippen LogP contribution in [0.25, 0.3) is 5.69 Å². The van der Waals surface area contributed by atoms with Gasteiger partial charge in [0.05, 0.1) is 24.6 Å². The standard InChI is InChI=1S/C23H24N4O3S/c1-15-3-6-19(13-16(15)2)27-22(29)20(21(28)25-23(27)31)14-24-17-4-7-18(8-5-17)26-9-11-30-12-10-26/h3-8,13-14,29H,9-12H2,1-2H3,(H,25,28,31). The molecule has 1 aliphatic heterocycles. The maximum atomic E-state index is 12.4. The van der Waals surface area contributed by atoms with E-state index < -0.39 is 5.56 Å². The molecule has 1 fully saturated rings. The van der Waals surface area contributed by atoms with Crippen LogP contribution in [0.1, 0.15) is 16.7 Å². The first kappa shape index (κ1) is 21.0. The molecule has 1 aliphatic rings. The highest BCUT2D eigenvalue weighted by atomic mass is 32.1. The Morgan fingerprint density at radius 2 is 1.74 bits per heavy atom. The van der Waals surface area contributed by atoms with Crippen molar-refractivity contribution < 1.29 is 9.84 Å². The normalized spacial score (nSPS) is 14.3. The molecular formula is C23H24N4O3S. The Labute approximate surface area is 185 Å². The van der Waals surface area contributed by atoms with Gasteiger partial charge in [0.2, 0.25) is 5.88 Å². The quantitative estimate of drug-likeness (QED) is 0.480. The minimum Gasteiger partial charge on any atom is -0.494 e. The average molecular weight is 437 g/mol. The Morgan fingerprint density at radius 3 is 2.42 bits per heavy atom. The van der Waals surface area contributed by atoms with Crippen LogP contribution in [0, 0.1) is 18.6 Å². The van der Waals surface area contributed by atoms with Crippen molar-refractivity contribution in [2.45, 2.75) is 13.8 Å². The number of anilines is 1. The number of hydrogen-bond donors (Lipinski definition) is 2. The molecule has 3 aromatic rings. The number of H-pyrrole nitrogens is 1. The van der Waals surface area contributed by atoms with Crippen molar-refractivity contribution in [3.8, 4) is 11.6 Å². The Balaban J connectivity index is 1.65. The number of nitrogens with one attached hydrogen (secondary N) is 1. The summed E-state index contributed by atoms with van der Waals surface area (Å²) in [5.74, 6) is -0.245. The summed E-state index contributed by atoms with van der Waals surface area (Å²) < 4.78 is 6.95. The van der Waals surface area contributed by atoms with Gasteiger partial charge in [0, 0.05) is 25.0 Å². The van der Waals surface area contributed by atoms with Gasteiger partial charge in [-0.1, -0.05) is 6.07 Å². The maximum absolute atomic E-state index is 12.4. The van der Waals surface area contributed by atoms with Gasteiger partial charge in [-0.05, 0) is 73.6 Å². The van der Waals surface area contributed by atoms with Crippen LogP contribution in [-0.2, 0) is 4.74 Å². The molecule has 0 amide bonds. The highest BCUT2D eigenvalue weighted by Gasteiger charge is 2.14. The van der Waals surface area contributed by atoms with Crippen LogP contribution in [0.15, 0.2) is 52.3 Å². The van der Waals surface area contributed by atoms with Gasteiger partial charge in [0.15, 0.2) is 4.77 Å². The van der Waals surface area contributed by atoms with Crippen molar-refractivity contribution in [2.75, 3.05) is 31.2 Å². The number of ether oxygens (including phenoxy) is 1. The van der Waals surface area contributed by atoms with Crippen LogP contribution >= 0.6 is 12.2 Å². The number of hydrogen-bond acceptors (Lipinski definition) is 6. The molecule has 0 saturated carbocycles. The molecule has 2 aromatic carbocycles. The number of nitrogens with zero attached hydrogens (tertiary/aromatic N) is 3. The van der Waals surface area contributed by atoms with Crippen molar-refractivity contribution in [2.24, 2.45) is 4.99 Å². The average Bonchev–Trinajstić information content (AvgIpc) is 2.77. The summed E-state index contributed by atoms with van der Waals surface area (Å²) in [7, 11) is 0. The lowest BCUT2D eigenvalue weighted by molar-refractivity contribution is 0.122. The maximum Gasteiger partial charge on any atom is 0.264 e. The molecule has 0 unspecified atom stereocenters. The third kappa shape index (κ3) is 4.45. The van der Waals surface area contributed by atoms with Gasteiger partial charge < -0.3 is 14.7 Å². The molecule has 0 atom stereocenters. The molecule has 0 spiro atoms. The molecule has 1 saturated heterocycles. The summed E-state index contributed by atoms with van der Waals surface area (Å²) in [4.78, 5) is 21.7. The van der Waals surface area contributed by atoms with E-state index in [2.05, 4.69) is 14.9 Å². The largest absolute Gasteiger partial charge is 0.494 e. The number of aromatic hydroxyl groups is 1. The molecule has 2 heterocycles. The van der Waals surface area contributed by atoms with E-state index in [1.807, 2.05) is 56.3 Å². The predicted molar refractivity (Wildman–Crippen MR) is 125 cm³/mol. The predicted octanol–water partition coefficient (Wildman–Crippen LogP) is 3.80. The second-order valence-electron chi connectivity index (χ2n) is 7.47. The minimum absolute atomic E-state index is 0.0454. The molecule has 8 heteroatoms. The molecule has 2 N–H and O–H groups in total. The number of aromatic nitrogens is 2. The Morgan fingerprint density at radius 1 is 1.06 bits per heavy atom. The third-order valence-electron chi connectivity index (χ3n) is 5.44. The molecule has 7 nitrogen and oxygen atoms in total. The zero-order valence-electron chi connectivity index (χ0n) is 17.5. The van der Waals surface area contributed by atoms with E-state index in [1.54, 1.807) is 0 Å². The lowest BCUT2D eigenvalue weighted by atomic mass is 10.1. The summed E-state index contributed by atoms with van der Waals surface area (Å²) >= 11 is 5.29. The zero-order chi connectivity index (χ0) is 22.0. The highest BCUT2D eigenvalue weighted by molar-refractivity contribution is 7.71. The molecule has 1 aromatic heterocycles. The molecule has 160 valence electrons. The van der Waals surface area contributed by atoms with Gasteiger partial charge in [-0.25, -0.2) is 0 Å². The lowest BCUT2D eigenvalue weighted by Crippen LogP contribution is -2.36. The highest BCUT2D eigenvalue weighted by Crippen LogP contribution is 2.23. The third-order valence-corrected chi connectivity index (χ3v) is 5.72. The van der Waals surface area contributed by atoms with E-state index >= 15 is 0 Å². The lowest BCUT2D eigenvalue weighted by Gasteiger charge is -2.28. The Kier molecular flexibility index (Phi) is 6.01. The fourth-order valence-corrected chi connectivity index (χ4v) is 3.75. The number of benzene rings is 2. The number of rotatable bonds is 4. The smallest absolute Gasteiger partial charge is 0.264 e. The summed E-state index contributed by atoms with van der Waals surface area (Å²) in [6.45, 7) is 7.15. The summed E-state index contributed by atoms with van der Waals surface area (Å²) in [5.41, 5.74) is 4.19. The van der Waals surface area contributed by atoms with Gasteiger partial charge in [-0.15, -0.1) is 0 Å². The van der Waals surface area contributed by atoms with Gasteiger partial charge >= 0.3 is 0 Å². The second-order valence-corrected chi connectivity index (χ2v) is 7.86. The van der Waals surface area contributed by atoms with Gasteiger partial charge in [0.1, 0.15) is 5.56 Å². The van der Waals surface area contributed by atoms with Crippen molar-refractivity contribution >= 4 is 29.8 Å². The monoisotopic (exact) mass is 436 g/mol. The molecule has 4 rings (SSSR count). The molecule has 0 aliphatic carbocycles. The van der Waals surface area contributed by atoms with Crippen molar-refractivity contribution in [3.63, 3.8) is 0 Å². The topological polar surface area (TPSA) is 82.8 Å². The van der Waals surface area contributed by atoms with E-state index in [9.17, 15) is 9.90 Å². The van der Waals surface area contributed by atoms with Crippen LogP contribution in [0.2, 0.25) is 0 Å². The summed E-state index contributed by atoms with van der Waals surface area (Å²) in [5, 5.41) is 10.8. The van der Waals surface area contributed by atoms with Crippen LogP contribution in [0.3, 0.4) is 0 Å².